The van der Waals surface area contributed by atoms with Gasteiger partial charge in [-0.3, -0.25) is 0 Å². The third kappa shape index (κ3) is 3.60. The summed E-state index contributed by atoms with van der Waals surface area (Å²) in [5.74, 6) is 0. The first-order valence-corrected chi connectivity index (χ1v) is 7.73. The van der Waals surface area contributed by atoms with E-state index in [1.165, 1.54) is 0 Å². The van der Waals surface area contributed by atoms with Gasteiger partial charge in [0, 0.05) is 23.9 Å². The number of nitrogens with one attached hydrogen (secondary N) is 1. The Hall–Kier alpha value is -3.02. The fourth-order valence-corrected chi connectivity index (χ4v) is 2.55. The summed E-state index contributed by atoms with van der Waals surface area (Å²) in [5, 5.41) is 3.27. The molecule has 0 bridgehead atoms. The van der Waals surface area contributed by atoms with Crippen LogP contribution in [0.5, 0.6) is 0 Å². The van der Waals surface area contributed by atoms with Crippen molar-refractivity contribution in [2.45, 2.75) is 0 Å². The average molecular weight is 297 g/mol. The molecule has 0 heterocycles. The Labute approximate surface area is 137 Å². The molecule has 0 saturated heterocycles. The maximum absolute atomic E-state index is 3.50. The number of benzene rings is 3. The zero-order chi connectivity index (χ0) is 15.9. The first-order valence-electron chi connectivity index (χ1n) is 7.73. The number of hydrogen-bond donors (Lipinski definition) is 1. The summed E-state index contributed by atoms with van der Waals surface area (Å²) < 4.78 is 0. The second-order valence-corrected chi connectivity index (χ2v) is 5.24. The highest BCUT2D eigenvalue weighted by atomic mass is 14.8. The molecular weight excluding hydrogens is 278 g/mol. The summed E-state index contributed by atoms with van der Waals surface area (Å²) >= 11 is 0. The van der Waals surface area contributed by atoms with Gasteiger partial charge in [0.05, 0.1) is 0 Å². The quantitative estimate of drug-likeness (QED) is 0.629. The lowest BCUT2D eigenvalue weighted by molar-refractivity contribution is 1.47. The van der Waals surface area contributed by atoms with Crippen LogP contribution in [0.3, 0.4) is 0 Å². The second kappa shape index (κ2) is 7.31. The van der Waals surface area contributed by atoms with E-state index in [9.17, 15) is 0 Å². The van der Waals surface area contributed by atoms with Crippen molar-refractivity contribution in [1.29, 1.82) is 0 Å². The molecule has 0 atom stereocenters. The maximum Gasteiger partial charge on any atom is 0.0423 e. The lowest BCUT2D eigenvalue weighted by atomic mass is 9.97. The van der Waals surface area contributed by atoms with Gasteiger partial charge in [-0.2, -0.15) is 0 Å². The van der Waals surface area contributed by atoms with Crippen LogP contribution < -0.4 is 5.32 Å². The van der Waals surface area contributed by atoms with Crippen LogP contribution in [0.2, 0.25) is 0 Å². The van der Waals surface area contributed by atoms with E-state index in [-0.39, 0.29) is 0 Å². The Morgan fingerprint density at radius 2 is 1.39 bits per heavy atom. The summed E-state index contributed by atoms with van der Waals surface area (Å²) in [6.45, 7) is 0. The Morgan fingerprint density at radius 3 is 2.09 bits per heavy atom. The first kappa shape index (κ1) is 14.9. The molecule has 0 aliphatic carbocycles. The number of rotatable bonds is 4. The summed E-state index contributed by atoms with van der Waals surface area (Å²) in [6.07, 6.45) is 2.04. The van der Waals surface area contributed by atoms with Gasteiger partial charge in [0.25, 0.3) is 0 Å². The highest BCUT2D eigenvalue weighted by Crippen LogP contribution is 2.28. The lowest BCUT2D eigenvalue weighted by Crippen LogP contribution is -1.95. The van der Waals surface area contributed by atoms with Gasteiger partial charge < -0.3 is 5.32 Å². The molecular formula is C22H19N. The highest BCUT2D eigenvalue weighted by Gasteiger charge is 2.08. The van der Waals surface area contributed by atoms with Crippen molar-refractivity contribution in [1.82, 2.24) is 0 Å². The van der Waals surface area contributed by atoms with Gasteiger partial charge in [-0.05, 0) is 23.3 Å². The Bertz CT molecular complexity index is 826. The van der Waals surface area contributed by atoms with Gasteiger partial charge in [-0.25, -0.2) is 0 Å². The summed E-state index contributed by atoms with van der Waals surface area (Å²) in [6, 6.07) is 29.0. The van der Waals surface area contributed by atoms with Crippen molar-refractivity contribution in [2.75, 3.05) is 12.4 Å². The molecule has 0 aliphatic heterocycles. The third-order valence-corrected chi connectivity index (χ3v) is 3.71. The normalized spacial score (nSPS) is 9.78. The van der Waals surface area contributed by atoms with Crippen molar-refractivity contribution in [3.8, 4) is 0 Å². The van der Waals surface area contributed by atoms with Crippen molar-refractivity contribution in [3.63, 3.8) is 0 Å². The van der Waals surface area contributed by atoms with Crippen LogP contribution in [0.15, 0.2) is 90.7 Å². The van der Waals surface area contributed by atoms with Crippen molar-refractivity contribution >= 4 is 17.3 Å². The predicted octanol–water partition coefficient (Wildman–Crippen LogP) is 5.47. The van der Waals surface area contributed by atoms with Crippen LogP contribution in [0.1, 0.15) is 16.7 Å². The van der Waals surface area contributed by atoms with Gasteiger partial charge in [0.1, 0.15) is 0 Å². The predicted molar refractivity (Wildman–Crippen MR) is 99.4 cm³/mol. The van der Waals surface area contributed by atoms with E-state index in [1.807, 2.05) is 43.5 Å². The summed E-state index contributed by atoms with van der Waals surface area (Å²) in [7, 11) is 1.95. The molecule has 1 nitrogen and oxygen atoms in total. The van der Waals surface area contributed by atoms with E-state index in [1.54, 1.807) is 0 Å². The molecule has 3 aromatic rings. The zero-order valence-corrected chi connectivity index (χ0v) is 13.2. The largest absolute Gasteiger partial charge is 0.388 e. The first-order chi connectivity index (χ1) is 11.4. The van der Waals surface area contributed by atoms with Gasteiger partial charge >= 0.3 is 0 Å². The molecule has 0 unspecified atom stereocenters. The number of para-hydroxylation sites is 1. The van der Waals surface area contributed by atoms with Crippen LogP contribution in [0, 0.1) is 0 Å². The monoisotopic (exact) mass is 297 g/mol. The Kier molecular flexibility index (Phi) is 4.73. The van der Waals surface area contributed by atoms with E-state index in [0.717, 1.165) is 28.0 Å². The van der Waals surface area contributed by atoms with E-state index < -0.39 is 0 Å². The van der Waals surface area contributed by atoms with Gasteiger partial charge in [-0.15, -0.1) is 5.73 Å². The van der Waals surface area contributed by atoms with Crippen LogP contribution >= 0.6 is 0 Å². The smallest absolute Gasteiger partial charge is 0.0423 e. The molecule has 23 heavy (non-hydrogen) atoms. The van der Waals surface area contributed by atoms with Crippen LogP contribution in [-0.2, 0) is 0 Å². The minimum Gasteiger partial charge on any atom is -0.388 e. The number of hydrogen-bond acceptors (Lipinski definition) is 1. The average Bonchev–Trinajstić information content (AvgIpc) is 2.64. The standard InChI is InChI=1S/C22H19N/c1-23-22-15-9-8-14-21(22)20(19-12-6-3-7-13-19)17-16-18-10-4-2-5-11-18/h2-16,23H,1H3. The van der Waals surface area contributed by atoms with Gasteiger partial charge in [0.2, 0.25) is 0 Å². The summed E-state index contributed by atoms with van der Waals surface area (Å²) in [5.41, 5.74) is 9.12. The second-order valence-electron chi connectivity index (χ2n) is 5.24. The van der Waals surface area contributed by atoms with E-state index in [4.69, 9.17) is 0 Å². The molecule has 3 aromatic carbocycles. The fraction of sp³-hybridized carbons (Fsp3) is 0.0455. The summed E-state index contributed by atoms with van der Waals surface area (Å²) in [4.78, 5) is 0. The minimum absolute atomic E-state index is 1.08. The van der Waals surface area contributed by atoms with Crippen LogP contribution in [0.4, 0.5) is 5.69 Å². The van der Waals surface area contributed by atoms with Crippen molar-refractivity contribution < 1.29 is 0 Å². The van der Waals surface area contributed by atoms with Gasteiger partial charge in [0.15, 0.2) is 0 Å². The molecule has 0 aliphatic rings. The minimum atomic E-state index is 1.08. The topological polar surface area (TPSA) is 12.0 Å². The van der Waals surface area contributed by atoms with Crippen LogP contribution in [0.25, 0.3) is 11.6 Å². The molecule has 0 amide bonds. The van der Waals surface area contributed by atoms with E-state index >= 15 is 0 Å². The molecule has 0 saturated carbocycles. The number of anilines is 1. The van der Waals surface area contributed by atoms with E-state index in [2.05, 4.69) is 65.6 Å². The van der Waals surface area contributed by atoms with Gasteiger partial charge in [-0.1, -0.05) is 78.9 Å². The van der Waals surface area contributed by atoms with Crippen molar-refractivity contribution in [2.24, 2.45) is 0 Å². The maximum atomic E-state index is 3.50. The molecule has 3 rings (SSSR count). The molecule has 1 N–H and O–H groups in total. The molecule has 0 aromatic heterocycles. The molecule has 1 heteroatoms. The molecule has 0 fully saturated rings. The Morgan fingerprint density at radius 1 is 0.783 bits per heavy atom. The third-order valence-electron chi connectivity index (χ3n) is 3.71. The SMILES string of the molecule is CNc1ccccc1C(=C=Cc1ccccc1)c1ccccc1. The van der Waals surface area contributed by atoms with Crippen LogP contribution in [-0.4, -0.2) is 7.05 Å². The molecule has 0 spiro atoms. The highest BCUT2D eigenvalue weighted by molar-refractivity contribution is 5.87. The zero-order valence-electron chi connectivity index (χ0n) is 13.2. The van der Waals surface area contributed by atoms with Crippen molar-refractivity contribution in [3.05, 3.63) is 107 Å². The lowest BCUT2D eigenvalue weighted by Gasteiger charge is -2.11. The molecule has 0 radical (unpaired) electrons. The molecule has 112 valence electrons. The Balaban J connectivity index is 2.17. The fourth-order valence-electron chi connectivity index (χ4n) is 2.55. The van der Waals surface area contributed by atoms with E-state index in [0.29, 0.717) is 0 Å².